The molecule has 1 saturated heterocycles. The number of hydrogen-bond acceptors (Lipinski definition) is 4. The first-order valence-corrected chi connectivity index (χ1v) is 8.64. The summed E-state index contributed by atoms with van der Waals surface area (Å²) < 4.78 is 32.7. The molecule has 0 bridgehead atoms. The summed E-state index contributed by atoms with van der Waals surface area (Å²) >= 11 is 0. The van der Waals surface area contributed by atoms with Gasteiger partial charge in [-0.05, 0) is 32.6 Å². The van der Waals surface area contributed by atoms with E-state index in [1.807, 2.05) is 0 Å². The van der Waals surface area contributed by atoms with Gasteiger partial charge in [-0.25, -0.2) is 8.42 Å². The van der Waals surface area contributed by atoms with Gasteiger partial charge in [0.05, 0.1) is 0 Å². The lowest BCUT2D eigenvalue weighted by molar-refractivity contribution is 0.441. The number of nitrogens with two attached hydrogens (primary N) is 1. The first kappa shape index (κ1) is 15.5. The highest BCUT2D eigenvalue weighted by Gasteiger charge is 2.36. The lowest BCUT2D eigenvalue weighted by Gasteiger charge is -2.17. The molecule has 0 saturated carbocycles. The Morgan fingerprint density at radius 1 is 1.35 bits per heavy atom. The average Bonchev–Trinajstić information content (AvgIpc) is 2.94. The second kappa shape index (κ2) is 5.87. The van der Waals surface area contributed by atoms with Crippen LogP contribution in [0.25, 0.3) is 0 Å². The minimum absolute atomic E-state index is 0.184. The smallest absolute Gasteiger partial charge is 0.246 e. The van der Waals surface area contributed by atoms with E-state index in [0.29, 0.717) is 36.1 Å². The Labute approximate surface area is 121 Å². The maximum absolute atomic E-state index is 12.8. The predicted molar refractivity (Wildman–Crippen MR) is 77.8 cm³/mol. The van der Waals surface area contributed by atoms with Crippen molar-refractivity contribution in [2.45, 2.75) is 51.5 Å². The Morgan fingerprint density at radius 3 is 2.65 bits per heavy atom. The Balaban J connectivity index is 2.32. The third-order valence-corrected chi connectivity index (χ3v) is 6.13. The summed E-state index contributed by atoms with van der Waals surface area (Å²) in [6, 6.07) is 0. The van der Waals surface area contributed by atoms with E-state index in [-0.39, 0.29) is 11.4 Å². The summed E-state index contributed by atoms with van der Waals surface area (Å²) in [5.41, 5.74) is 6.30. The molecule has 1 aromatic heterocycles. The number of furan rings is 1. The fraction of sp³-hybridized carbons (Fsp3) is 0.714. The van der Waals surface area contributed by atoms with Crippen LogP contribution in [-0.2, 0) is 16.6 Å². The first-order valence-electron chi connectivity index (χ1n) is 7.20. The molecule has 1 unspecified atom stereocenters. The molecule has 20 heavy (non-hydrogen) atoms. The SMILES string of the molecule is CCCC1CCN(S(=O)(=O)c2c(C)oc(C)c2CN)C1. The van der Waals surface area contributed by atoms with Gasteiger partial charge in [-0.15, -0.1) is 0 Å². The van der Waals surface area contributed by atoms with Gasteiger partial charge in [0.15, 0.2) is 0 Å². The molecule has 114 valence electrons. The van der Waals surface area contributed by atoms with Crippen LogP contribution in [0.5, 0.6) is 0 Å². The summed E-state index contributed by atoms with van der Waals surface area (Å²) in [4.78, 5) is 0.287. The number of nitrogens with zero attached hydrogens (tertiary/aromatic N) is 1. The monoisotopic (exact) mass is 300 g/mol. The number of rotatable bonds is 5. The predicted octanol–water partition coefficient (Wildman–Crippen LogP) is 2.17. The van der Waals surface area contributed by atoms with Gasteiger partial charge in [-0.1, -0.05) is 13.3 Å². The Bertz CT molecular complexity index is 577. The molecule has 6 heteroatoms. The maximum Gasteiger partial charge on any atom is 0.246 e. The van der Waals surface area contributed by atoms with Crippen molar-refractivity contribution in [2.24, 2.45) is 11.7 Å². The summed E-state index contributed by atoms with van der Waals surface area (Å²) in [5.74, 6) is 1.53. The molecule has 1 aliphatic rings. The van der Waals surface area contributed by atoms with Crippen LogP contribution in [-0.4, -0.2) is 25.8 Å². The van der Waals surface area contributed by atoms with Crippen LogP contribution in [0.1, 0.15) is 43.3 Å². The standard InChI is InChI=1S/C14H24N2O3S/c1-4-5-12-6-7-16(9-12)20(17,18)14-11(3)19-10(2)13(14)8-15/h12H,4-9,15H2,1-3H3. The second-order valence-corrected chi connectivity index (χ2v) is 7.41. The Hall–Kier alpha value is -0.850. The van der Waals surface area contributed by atoms with Crippen LogP contribution in [0.15, 0.2) is 9.31 Å². The number of sulfonamides is 1. The molecule has 1 aromatic rings. The Kier molecular flexibility index (Phi) is 4.56. The van der Waals surface area contributed by atoms with E-state index >= 15 is 0 Å². The van der Waals surface area contributed by atoms with E-state index in [2.05, 4.69) is 6.92 Å². The molecule has 0 spiro atoms. The summed E-state index contributed by atoms with van der Waals surface area (Å²) in [6.07, 6.45) is 3.12. The van der Waals surface area contributed by atoms with E-state index in [0.717, 1.165) is 19.3 Å². The highest BCUT2D eigenvalue weighted by atomic mass is 32.2. The van der Waals surface area contributed by atoms with E-state index < -0.39 is 10.0 Å². The molecule has 0 amide bonds. The third-order valence-electron chi connectivity index (χ3n) is 4.07. The van der Waals surface area contributed by atoms with Gasteiger partial charge in [0.2, 0.25) is 10.0 Å². The molecule has 0 aromatic carbocycles. The summed E-state index contributed by atoms with van der Waals surface area (Å²) in [7, 11) is -3.48. The quantitative estimate of drug-likeness (QED) is 0.904. The molecule has 0 aliphatic carbocycles. The molecule has 1 fully saturated rings. The van der Waals surface area contributed by atoms with Crippen LogP contribution >= 0.6 is 0 Å². The van der Waals surface area contributed by atoms with Gasteiger partial charge in [0, 0.05) is 25.2 Å². The molecule has 5 nitrogen and oxygen atoms in total. The second-order valence-electron chi connectivity index (χ2n) is 5.53. The zero-order chi connectivity index (χ0) is 14.9. The summed E-state index contributed by atoms with van der Waals surface area (Å²) in [5, 5.41) is 0. The highest BCUT2D eigenvalue weighted by molar-refractivity contribution is 7.89. The normalized spacial score (nSPS) is 20.7. The van der Waals surface area contributed by atoms with Crippen molar-refractivity contribution >= 4 is 10.0 Å². The van der Waals surface area contributed by atoms with E-state index in [1.165, 1.54) is 0 Å². The van der Waals surface area contributed by atoms with Gasteiger partial charge < -0.3 is 10.2 Å². The van der Waals surface area contributed by atoms with Crippen molar-refractivity contribution in [3.05, 3.63) is 17.1 Å². The van der Waals surface area contributed by atoms with Crippen LogP contribution in [0.3, 0.4) is 0 Å². The van der Waals surface area contributed by atoms with E-state index in [1.54, 1.807) is 18.2 Å². The Morgan fingerprint density at radius 2 is 2.05 bits per heavy atom. The minimum atomic E-state index is -3.48. The third kappa shape index (κ3) is 2.64. The number of hydrogen-bond donors (Lipinski definition) is 1. The topological polar surface area (TPSA) is 76.5 Å². The summed E-state index contributed by atoms with van der Waals surface area (Å²) in [6.45, 7) is 6.98. The van der Waals surface area contributed by atoms with Crippen molar-refractivity contribution in [1.82, 2.24) is 4.31 Å². The fourth-order valence-corrected chi connectivity index (χ4v) is 5.03. The molecule has 1 atom stereocenters. The average molecular weight is 300 g/mol. The van der Waals surface area contributed by atoms with Crippen LogP contribution in [0, 0.1) is 19.8 Å². The molecular formula is C14H24N2O3S. The van der Waals surface area contributed by atoms with Crippen LogP contribution < -0.4 is 5.73 Å². The van der Waals surface area contributed by atoms with Crippen LogP contribution in [0.4, 0.5) is 0 Å². The van der Waals surface area contributed by atoms with Crippen molar-refractivity contribution in [3.8, 4) is 0 Å². The lowest BCUT2D eigenvalue weighted by atomic mass is 10.0. The molecule has 2 heterocycles. The van der Waals surface area contributed by atoms with Gasteiger partial charge in [0.25, 0.3) is 0 Å². The molecular weight excluding hydrogens is 276 g/mol. The van der Waals surface area contributed by atoms with Crippen LogP contribution in [0.2, 0.25) is 0 Å². The van der Waals surface area contributed by atoms with E-state index in [9.17, 15) is 8.42 Å². The minimum Gasteiger partial charge on any atom is -0.465 e. The fourth-order valence-electron chi connectivity index (χ4n) is 3.07. The molecule has 2 rings (SSSR count). The van der Waals surface area contributed by atoms with E-state index in [4.69, 9.17) is 10.2 Å². The largest absolute Gasteiger partial charge is 0.465 e. The van der Waals surface area contributed by atoms with Gasteiger partial charge >= 0.3 is 0 Å². The van der Waals surface area contributed by atoms with Crippen molar-refractivity contribution in [1.29, 1.82) is 0 Å². The zero-order valence-corrected chi connectivity index (χ0v) is 13.3. The zero-order valence-electron chi connectivity index (χ0n) is 12.5. The highest BCUT2D eigenvalue weighted by Crippen LogP contribution is 2.32. The lowest BCUT2D eigenvalue weighted by Crippen LogP contribution is -2.30. The molecule has 1 aliphatic heterocycles. The maximum atomic E-state index is 12.8. The van der Waals surface area contributed by atoms with Gasteiger partial charge in [-0.3, -0.25) is 0 Å². The van der Waals surface area contributed by atoms with Gasteiger partial charge in [0.1, 0.15) is 16.4 Å². The first-order chi connectivity index (χ1) is 9.41. The molecule has 2 N–H and O–H groups in total. The van der Waals surface area contributed by atoms with Crippen molar-refractivity contribution in [2.75, 3.05) is 13.1 Å². The number of aryl methyl sites for hydroxylation is 2. The molecule has 0 radical (unpaired) electrons. The van der Waals surface area contributed by atoms with Gasteiger partial charge in [-0.2, -0.15) is 4.31 Å². The van der Waals surface area contributed by atoms with Crippen molar-refractivity contribution in [3.63, 3.8) is 0 Å². The van der Waals surface area contributed by atoms with Crippen molar-refractivity contribution < 1.29 is 12.8 Å².